The summed E-state index contributed by atoms with van der Waals surface area (Å²) in [6, 6.07) is 18.7. The van der Waals surface area contributed by atoms with Crippen molar-refractivity contribution in [3.8, 4) is 22.8 Å². The molecule has 0 aliphatic rings. The molecule has 0 aliphatic carbocycles. The fourth-order valence-electron chi connectivity index (χ4n) is 3.26. The average molecular weight is 399 g/mol. The van der Waals surface area contributed by atoms with Crippen LogP contribution in [0.2, 0.25) is 0 Å². The first-order valence-corrected chi connectivity index (χ1v) is 9.36. The SMILES string of the molecule is Cn1cccc1-c1noc(CNC(=O)c2ccc3noc(-c4ccccc4)c3c2)n1. The maximum atomic E-state index is 12.7. The van der Waals surface area contributed by atoms with Gasteiger partial charge >= 0.3 is 0 Å². The molecule has 5 rings (SSSR count). The second kappa shape index (κ2) is 7.32. The monoisotopic (exact) mass is 399 g/mol. The van der Waals surface area contributed by atoms with Crippen molar-refractivity contribution < 1.29 is 13.8 Å². The van der Waals surface area contributed by atoms with Crippen LogP contribution in [-0.2, 0) is 13.6 Å². The Morgan fingerprint density at radius 3 is 2.70 bits per heavy atom. The number of aryl methyl sites for hydroxylation is 1. The summed E-state index contributed by atoms with van der Waals surface area (Å²) < 4.78 is 12.6. The lowest BCUT2D eigenvalue weighted by atomic mass is 10.1. The summed E-state index contributed by atoms with van der Waals surface area (Å²) in [6.45, 7) is 0.128. The predicted molar refractivity (Wildman–Crippen MR) is 109 cm³/mol. The van der Waals surface area contributed by atoms with Gasteiger partial charge in [0.05, 0.1) is 17.6 Å². The molecule has 1 N–H and O–H groups in total. The van der Waals surface area contributed by atoms with E-state index in [1.807, 2.05) is 60.3 Å². The highest BCUT2D eigenvalue weighted by Gasteiger charge is 2.15. The van der Waals surface area contributed by atoms with Gasteiger partial charge in [0, 0.05) is 24.4 Å². The lowest BCUT2D eigenvalue weighted by molar-refractivity contribution is 0.0946. The Kier molecular flexibility index (Phi) is 4.36. The lowest BCUT2D eigenvalue weighted by Crippen LogP contribution is -2.22. The van der Waals surface area contributed by atoms with Crippen LogP contribution in [-0.4, -0.2) is 25.8 Å². The van der Waals surface area contributed by atoms with Crippen LogP contribution in [0.3, 0.4) is 0 Å². The summed E-state index contributed by atoms with van der Waals surface area (Å²) >= 11 is 0. The van der Waals surface area contributed by atoms with Crippen molar-refractivity contribution in [1.82, 2.24) is 25.2 Å². The zero-order valence-corrected chi connectivity index (χ0v) is 16.1. The number of carbonyl (C=O) groups excluding carboxylic acids is 1. The lowest BCUT2D eigenvalue weighted by Gasteiger charge is -2.03. The molecule has 2 aromatic carbocycles. The van der Waals surface area contributed by atoms with Crippen molar-refractivity contribution in [1.29, 1.82) is 0 Å². The Hall–Kier alpha value is -4.20. The van der Waals surface area contributed by atoms with Gasteiger partial charge in [0.25, 0.3) is 5.91 Å². The number of nitrogens with one attached hydrogen (secondary N) is 1. The maximum Gasteiger partial charge on any atom is 0.251 e. The van der Waals surface area contributed by atoms with Gasteiger partial charge < -0.3 is 18.9 Å². The van der Waals surface area contributed by atoms with Crippen LogP contribution in [0.1, 0.15) is 16.2 Å². The van der Waals surface area contributed by atoms with Crippen LogP contribution in [0.25, 0.3) is 33.7 Å². The number of hydrogen-bond donors (Lipinski definition) is 1. The van der Waals surface area contributed by atoms with Crippen LogP contribution in [0, 0.1) is 0 Å². The maximum absolute atomic E-state index is 12.7. The Bertz CT molecular complexity index is 1330. The van der Waals surface area contributed by atoms with E-state index in [4.69, 9.17) is 9.05 Å². The molecule has 0 saturated heterocycles. The van der Waals surface area contributed by atoms with Gasteiger partial charge in [-0.25, -0.2) is 0 Å². The molecule has 3 aromatic heterocycles. The first-order valence-electron chi connectivity index (χ1n) is 9.36. The van der Waals surface area contributed by atoms with Gasteiger partial charge in [-0.2, -0.15) is 4.98 Å². The van der Waals surface area contributed by atoms with Gasteiger partial charge in [-0.1, -0.05) is 40.6 Å². The Labute approximate surface area is 171 Å². The molecule has 3 heterocycles. The Morgan fingerprint density at radius 2 is 1.90 bits per heavy atom. The number of fused-ring (bicyclic) bond motifs is 1. The third-order valence-electron chi connectivity index (χ3n) is 4.82. The number of hydrogen-bond acceptors (Lipinski definition) is 6. The molecule has 0 unspecified atom stereocenters. The number of benzene rings is 2. The van der Waals surface area contributed by atoms with Gasteiger partial charge in [-0.05, 0) is 30.3 Å². The van der Waals surface area contributed by atoms with Crippen molar-refractivity contribution in [2.45, 2.75) is 6.54 Å². The van der Waals surface area contributed by atoms with Crippen molar-refractivity contribution in [2.75, 3.05) is 0 Å². The summed E-state index contributed by atoms with van der Waals surface area (Å²) in [7, 11) is 1.90. The second-order valence-corrected chi connectivity index (χ2v) is 6.81. The van der Waals surface area contributed by atoms with Crippen molar-refractivity contribution >= 4 is 16.8 Å². The predicted octanol–water partition coefficient (Wildman–Crippen LogP) is 3.81. The molecule has 0 fully saturated rings. The highest BCUT2D eigenvalue weighted by atomic mass is 16.5. The molecular weight excluding hydrogens is 382 g/mol. The molecule has 0 atom stereocenters. The molecule has 30 heavy (non-hydrogen) atoms. The first-order chi connectivity index (χ1) is 14.7. The fourth-order valence-corrected chi connectivity index (χ4v) is 3.26. The molecule has 5 aromatic rings. The topological polar surface area (TPSA) is 99.0 Å². The quantitative estimate of drug-likeness (QED) is 0.482. The standard InChI is InChI=1S/C22H17N5O3/c1-27-11-5-8-18(27)21-24-19(29-26-21)13-23-22(28)15-9-10-17-16(12-15)20(30-25-17)14-6-3-2-4-7-14/h2-12H,13H2,1H3,(H,23,28). The van der Waals surface area contributed by atoms with Crippen molar-refractivity contribution in [3.05, 3.63) is 78.3 Å². The first kappa shape index (κ1) is 17.9. The van der Waals surface area contributed by atoms with Crippen LogP contribution < -0.4 is 5.32 Å². The highest BCUT2D eigenvalue weighted by molar-refractivity contribution is 6.00. The molecular formula is C22H17N5O3. The van der Waals surface area contributed by atoms with E-state index in [0.717, 1.165) is 16.6 Å². The summed E-state index contributed by atoms with van der Waals surface area (Å²) in [5.41, 5.74) is 2.92. The smallest absolute Gasteiger partial charge is 0.251 e. The van der Waals surface area contributed by atoms with E-state index in [0.29, 0.717) is 28.6 Å². The van der Waals surface area contributed by atoms with Crippen molar-refractivity contribution in [2.24, 2.45) is 7.05 Å². The number of nitrogens with zero attached hydrogens (tertiary/aromatic N) is 4. The van der Waals surface area contributed by atoms with Crippen LogP contribution in [0.15, 0.2) is 75.9 Å². The molecule has 0 radical (unpaired) electrons. The summed E-state index contributed by atoms with van der Waals surface area (Å²) in [4.78, 5) is 17.0. The van der Waals surface area contributed by atoms with Gasteiger partial charge in [0.1, 0.15) is 5.52 Å². The van der Waals surface area contributed by atoms with E-state index in [1.54, 1.807) is 18.2 Å². The molecule has 1 amide bonds. The summed E-state index contributed by atoms with van der Waals surface area (Å²) in [5, 5.41) is 11.6. The number of rotatable bonds is 5. The number of amides is 1. The normalized spacial score (nSPS) is 11.1. The molecule has 0 saturated carbocycles. The third-order valence-corrected chi connectivity index (χ3v) is 4.82. The van der Waals surface area contributed by atoms with Crippen LogP contribution in [0.4, 0.5) is 0 Å². The minimum atomic E-state index is -0.254. The molecule has 0 spiro atoms. The summed E-state index contributed by atoms with van der Waals surface area (Å²) in [5.74, 6) is 1.18. The second-order valence-electron chi connectivity index (χ2n) is 6.81. The number of carbonyl (C=O) groups is 1. The van der Waals surface area contributed by atoms with Gasteiger partial charge in [0.2, 0.25) is 11.7 Å². The average Bonchev–Trinajstić information content (AvgIpc) is 3.51. The van der Waals surface area contributed by atoms with E-state index < -0.39 is 0 Å². The minimum absolute atomic E-state index is 0.128. The zero-order chi connectivity index (χ0) is 20.5. The Balaban J connectivity index is 1.34. The summed E-state index contributed by atoms with van der Waals surface area (Å²) in [6.07, 6.45) is 1.90. The Morgan fingerprint density at radius 1 is 1.03 bits per heavy atom. The van der Waals surface area contributed by atoms with Crippen LogP contribution >= 0.6 is 0 Å². The van der Waals surface area contributed by atoms with Gasteiger partial charge in [0.15, 0.2) is 5.76 Å². The molecule has 148 valence electrons. The molecule has 0 aliphatic heterocycles. The largest absolute Gasteiger partial charge is 0.355 e. The highest BCUT2D eigenvalue weighted by Crippen LogP contribution is 2.29. The van der Waals surface area contributed by atoms with Gasteiger partial charge in [-0.3, -0.25) is 4.79 Å². The van der Waals surface area contributed by atoms with Gasteiger partial charge in [-0.15, -0.1) is 0 Å². The van der Waals surface area contributed by atoms with E-state index in [9.17, 15) is 4.79 Å². The molecule has 8 nitrogen and oxygen atoms in total. The van der Waals surface area contributed by atoms with Crippen molar-refractivity contribution in [3.63, 3.8) is 0 Å². The van der Waals surface area contributed by atoms with E-state index in [1.165, 1.54) is 0 Å². The van der Waals surface area contributed by atoms with E-state index in [-0.39, 0.29) is 12.5 Å². The third kappa shape index (κ3) is 3.24. The minimum Gasteiger partial charge on any atom is -0.355 e. The molecule has 8 heteroatoms. The zero-order valence-electron chi connectivity index (χ0n) is 16.1. The fraction of sp³-hybridized carbons (Fsp3) is 0.0909. The molecule has 0 bridgehead atoms. The van der Waals surface area contributed by atoms with Crippen LogP contribution in [0.5, 0.6) is 0 Å². The van der Waals surface area contributed by atoms with E-state index in [2.05, 4.69) is 20.6 Å². The van der Waals surface area contributed by atoms with E-state index >= 15 is 0 Å². The number of aromatic nitrogens is 4.